The number of nitrogens with two attached hydrogens (primary N) is 1. The maximum Gasteiger partial charge on any atom is 0.270 e. The summed E-state index contributed by atoms with van der Waals surface area (Å²) in [4.78, 5) is 12.6. The molecule has 0 bridgehead atoms. The van der Waals surface area contributed by atoms with E-state index in [1.54, 1.807) is 6.07 Å². The topological polar surface area (TPSA) is 72.4 Å². The second-order valence-corrected chi connectivity index (χ2v) is 6.32. The van der Waals surface area contributed by atoms with Crippen molar-refractivity contribution in [2.45, 2.75) is 18.5 Å². The Bertz CT molecular complexity index is 708. The highest BCUT2D eigenvalue weighted by molar-refractivity contribution is 6.31. The molecule has 3 rings (SSSR count). The first-order valence-corrected chi connectivity index (χ1v) is 7.88. The zero-order valence-corrected chi connectivity index (χ0v) is 13.3. The minimum atomic E-state index is -0.438. The number of nitro groups is 1. The molecule has 0 aliphatic carbocycles. The van der Waals surface area contributed by atoms with Gasteiger partial charge in [-0.1, -0.05) is 41.9 Å². The van der Waals surface area contributed by atoms with E-state index in [9.17, 15) is 10.1 Å². The van der Waals surface area contributed by atoms with Crippen LogP contribution in [-0.2, 0) is 6.54 Å². The Balaban J connectivity index is 1.71. The van der Waals surface area contributed by atoms with E-state index >= 15 is 0 Å². The third-order valence-corrected chi connectivity index (χ3v) is 4.66. The Kier molecular flexibility index (Phi) is 4.61. The molecule has 6 heteroatoms. The van der Waals surface area contributed by atoms with E-state index in [1.807, 2.05) is 18.2 Å². The van der Waals surface area contributed by atoms with Crippen molar-refractivity contribution in [3.05, 3.63) is 74.8 Å². The lowest BCUT2D eigenvalue weighted by Gasteiger charge is -2.17. The second-order valence-electron chi connectivity index (χ2n) is 5.91. The number of benzene rings is 2. The number of likely N-dealkylation sites (tertiary alicyclic amines) is 1. The molecule has 2 aromatic carbocycles. The van der Waals surface area contributed by atoms with Crippen LogP contribution in [0.2, 0.25) is 5.02 Å². The van der Waals surface area contributed by atoms with Crippen molar-refractivity contribution in [1.82, 2.24) is 4.90 Å². The lowest BCUT2D eigenvalue weighted by Crippen LogP contribution is -2.28. The Hall–Kier alpha value is -1.95. The third-order valence-electron chi connectivity index (χ3n) is 4.31. The van der Waals surface area contributed by atoms with E-state index in [1.165, 1.54) is 17.7 Å². The van der Waals surface area contributed by atoms with Gasteiger partial charge in [-0.2, -0.15) is 0 Å². The van der Waals surface area contributed by atoms with Gasteiger partial charge in [-0.25, -0.2) is 0 Å². The minimum Gasteiger partial charge on any atom is -0.326 e. The molecule has 2 aromatic rings. The number of rotatable bonds is 4. The summed E-state index contributed by atoms with van der Waals surface area (Å²) >= 11 is 6.18. The van der Waals surface area contributed by atoms with Crippen molar-refractivity contribution in [1.29, 1.82) is 0 Å². The number of halogens is 1. The number of nitrogens with zero attached hydrogens (tertiary/aromatic N) is 2. The maximum absolute atomic E-state index is 10.8. The standard InChI is InChI=1S/C17H18ClN3O2/c18-16-8-14(21(22)23)7-6-13(16)9-20-10-15(17(19)11-20)12-4-2-1-3-5-12/h1-8,15,17H,9-11,19H2/t15-,17+/m0/s1. The zero-order chi connectivity index (χ0) is 16.4. The molecular formula is C17H18ClN3O2. The first kappa shape index (κ1) is 15.9. The lowest BCUT2D eigenvalue weighted by molar-refractivity contribution is -0.384. The van der Waals surface area contributed by atoms with Crippen molar-refractivity contribution in [3.8, 4) is 0 Å². The van der Waals surface area contributed by atoms with Gasteiger partial charge in [0.1, 0.15) is 0 Å². The molecule has 0 aromatic heterocycles. The minimum absolute atomic E-state index is 0.0130. The number of nitro benzene ring substituents is 1. The largest absolute Gasteiger partial charge is 0.326 e. The van der Waals surface area contributed by atoms with Gasteiger partial charge >= 0.3 is 0 Å². The summed E-state index contributed by atoms with van der Waals surface area (Å²) in [5.41, 5.74) is 8.44. The van der Waals surface area contributed by atoms with Crippen LogP contribution in [0.5, 0.6) is 0 Å². The van der Waals surface area contributed by atoms with Crippen LogP contribution in [0.3, 0.4) is 0 Å². The summed E-state index contributed by atoms with van der Waals surface area (Å²) in [5.74, 6) is 0.299. The molecule has 0 spiro atoms. The smallest absolute Gasteiger partial charge is 0.270 e. The fourth-order valence-corrected chi connectivity index (χ4v) is 3.35. The molecule has 0 saturated carbocycles. The van der Waals surface area contributed by atoms with Gasteiger partial charge in [0.15, 0.2) is 0 Å². The van der Waals surface area contributed by atoms with Gasteiger partial charge in [-0.05, 0) is 17.2 Å². The Labute approximate surface area is 139 Å². The zero-order valence-electron chi connectivity index (χ0n) is 12.6. The van der Waals surface area contributed by atoms with Crippen LogP contribution in [0.15, 0.2) is 48.5 Å². The van der Waals surface area contributed by atoms with E-state index in [4.69, 9.17) is 17.3 Å². The van der Waals surface area contributed by atoms with Crippen LogP contribution < -0.4 is 5.73 Å². The number of non-ortho nitro benzene ring substituents is 1. The summed E-state index contributed by atoms with van der Waals surface area (Å²) in [6.07, 6.45) is 0. The molecule has 0 amide bonds. The first-order valence-electron chi connectivity index (χ1n) is 7.50. The molecule has 2 atom stereocenters. The summed E-state index contributed by atoms with van der Waals surface area (Å²) in [6, 6.07) is 15.0. The molecule has 0 radical (unpaired) electrons. The summed E-state index contributed by atoms with van der Waals surface area (Å²) in [6.45, 7) is 2.29. The lowest BCUT2D eigenvalue weighted by atomic mass is 9.95. The fourth-order valence-electron chi connectivity index (χ4n) is 3.11. The Morgan fingerprint density at radius 1 is 1.22 bits per heavy atom. The molecule has 2 N–H and O–H groups in total. The van der Waals surface area contributed by atoms with Gasteiger partial charge in [-0.3, -0.25) is 15.0 Å². The number of hydrogen-bond acceptors (Lipinski definition) is 4. The van der Waals surface area contributed by atoms with Gasteiger partial charge in [0, 0.05) is 43.7 Å². The highest BCUT2D eigenvalue weighted by Crippen LogP contribution is 2.29. The van der Waals surface area contributed by atoms with Crippen molar-refractivity contribution in [2.75, 3.05) is 13.1 Å². The Morgan fingerprint density at radius 2 is 1.96 bits per heavy atom. The Morgan fingerprint density at radius 3 is 2.61 bits per heavy atom. The monoisotopic (exact) mass is 331 g/mol. The predicted octanol–water partition coefficient (Wildman–Crippen LogP) is 3.17. The van der Waals surface area contributed by atoms with Crippen LogP contribution >= 0.6 is 11.6 Å². The molecule has 23 heavy (non-hydrogen) atoms. The number of hydrogen-bond donors (Lipinski definition) is 1. The maximum atomic E-state index is 10.8. The van der Waals surface area contributed by atoms with E-state index in [2.05, 4.69) is 17.0 Å². The van der Waals surface area contributed by atoms with Gasteiger partial charge in [-0.15, -0.1) is 0 Å². The normalized spacial score (nSPS) is 21.5. The van der Waals surface area contributed by atoms with Crippen LogP contribution in [0.1, 0.15) is 17.0 Å². The van der Waals surface area contributed by atoms with Gasteiger partial charge < -0.3 is 5.73 Å². The van der Waals surface area contributed by atoms with Crippen LogP contribution in [0.4, 0.5) is 5.69 Å². The first-order chi connectivity index (χ1) is 11.0. The van der Waals surface area contributed by atoms with Crippen LogP contribution in [0.25, 0.3) is 0 Å². The van der Waals surface area contributed by atoms with Crippen molar-refractivity contribution in [2.24, 2.45) is 5.73 Å². The van der Waals surface area contributed by atoms with E-state index in [0.29, 0.717) is 17.5 Å². The SMILES string of the molecule is N[C@@H]1CN(Cc2ccc([N+](=O)[O-])cc2Cl)C[C@H]1c1ccccc1. The molecule has 1 aliphatic rings. The molecule has 5 nitrogen and oxygen atoms in total. The van der Waals surface area contributed by atoms with Gasteiger partial charge in [0.25, 0.3) is 5.69 Å². The van der Waals surface area contributed by atoms with E-state index < -0.39 is 4.92 Å². The average Bonchev–Trinajstić information content (AvgIpc) is 2.90. The molecule has 1 saturated heterocycles. The fraction of sp³-hybridized carbons (Fsp3) is 0.294. The molecular weight excluding hydrogens is 314 g/mol. The summed E-state index contributed by atoms with van der Waals surface area (Å²) in [7, 11) is 0. The predicted molar refractivity (Wildman–Crippen MR) is 90.5 cm³/mol. The third kappa shape index (κ3) is 3.52. The summed E-state index contributed by atoms with van der Waals surface area (Å²) < 4.78 is 0. The average molecular weight is 332 g/mol. The van der Waals surface area contributed by atoms with Gasteiger partial charge in [0.2, 0.25) is 0 Å². The van der Waals surface area contributed by atoms with Crippen molar-refractivity contribution < 1.29 is 4.92 Å². The van der Waals surface area contributed by atoms with Crippen LogP contribution in [0, 0.1) is 10.1 Å². The molecule has 1 heterocycles. The molecule has 1 aliphatic heterocycles. The summed E-state index contributed by atoms with van der Waals surface area (Å²) in [5, 5.41) is 11.2. The molecule has 120 valence electrons. The van der Waals surface area contributed by atoms with E-state index in [0.717, 1.165) is 18.7 Å². The molecule has 1 fully saturated rings. The molecule has 0 unspecified atom stereocenters. The quantitative estimate of drug-likeness (QED) is 0.690. The second kappa shape index (κ2) is 6.66. The highest BCUT2D eigenvalue weighted by atomic mass is 35.5. The van der Waals surface area contributed by atoms with Gasteiger partial charge in [0.05, 0.1) is 9.95 Å². The van der Waals surface area contributed by atoms with Crippen molar-refractivity contribution in [3.63, 3.8) is 0 Å². The van der Waals surface area contributed by atoms with E-state index in [-0.39, 0.29) is 11.7 Å². The van der Waals surface area contributed by atoms with Crippen molar-refractivity contribution >= 4 is 17.3 Å². The highest BCUT2D eigenvalue weighted by Gasteiger charge is 2.31. The van der Waals surface area contributed by atoms with Crippen LogP contribution in [-0.4, -0.2) is 29.0 Å².